The normalized spacial score (nSPS) is 28.3. The van der Waals surface area contributed by atoms with Gasteiger partial charge in [0.15, 0.2) is 0 Å². The molecule has 2 N–H and O–H groups in total. The lowest BCUT2D eigenvalue weighted by Crippen LogP contribution is -2.33. The van der Waals surface area contributed by atoms with Gasteiger partial charge in [0.1, 0.15) is 5.78 Å². The Bertz CT molecular complexity index is 705. The number of aliphatic hydroxyl groups excluding tert-OH is 1. The summed E-state index contributed by atoms with van der Waals surface area (Å²) < 4.78 is 13.2. The molecular formula is C28H50O5S2. The van der Waals surface area contributed by atoms with E-state index < -0.39 is 22.2 Å². The number of Topliss-reactive ketones (excluding diaryl/α,β-unsaturated/α-hetero) is 1. The number of thioether (sulfide) groups is 1. The van der Waals surface area contributed by atoms with E-state index in [4.69, 9.17) is 0 Å². The molecule has 0 radical (unpaired) electrons. The fourth-order valence-corrected chi connectivity index (χ4v) is 8.99. The van der Waals surface area contributed by atoms with E-state index in [1.165, 1.54) is 0 Å². The lowest BCUT2D eigenvalue weighted by molar-refractivity contribution is -0.147. The number of unbranched alkanes of at least 4 members (excludes halogenated alkanes) is 2. The highest BCUT2D eigenvalue weighted by atomic mass is 32.2. The highest BCUT2D eigenvalue weighted by Crippen LogP contribution is 2.37. The second-order valence-corrected chi connectivity index (χ2v) is 15.8. The second kappa shape index (κ2) is 14.5. The van der Waals surface area contributed by atoms with Crippen molar-refractivity contribution >= 4 is 34.3 Å². The zero-order valence-corrected chi connectivity index (χ0v) is 24.2. The van der Waals surface area contributed by atoms with Crippen molar-refractivity contribution in [2.75, 3.05) is 6.61 Å². The summed E-state index contributed by atoms with van der Waals surface area (Å²) in [6, 6.07) is 0. The Morgan fingerprint density at radius 1 is 0.943 bits per heavy atom. The molecule has 5 nitrogen and oxygen atoms in total. The number of carboxylic acid groups (broad SMARTS) is 1. The monoisotopic (exact) mass is 530 g/mol. The largest absolute Gasteiger partial charge is 0.481 e. The van der Waals surface area contributed by atoms with Crippen molar-refractivity contribution in [2.24, 2.45) is 10.8 Å². The lowest BCUT2D eigenvalue weighted by Gasteiger charge is -2.32. The summed E-state index contributed by atoms with van der Waals surface area (Å²) in [5.74, 6) is -0.367. The van der Waals surface area contributed by atoms with Gasteiger partial charge in [0.2, 0.25) is 0 Å². The molecule has 0 spiro atoms. The fraction of sp³-hybridized carbons (Fsp3) is 0.929. The highest BCUT2D eigenvalue weighted by Gasteiger charge is 2.34. The Balaban J connectivity index is 1.72. The van der Waals surface area contributed by atoms with Crippen LogP contribution in [0, 0.1) is 10.8 Å². The molecule has 2 saturated heterocycles. The number of aliphatic hydroxyl groups is 1. The van der Waals surface area contributed by atoms with Crippen molar-refractivity contribution in [1.29, 1.82) is 0 Å². The van der Waals surface area contributed by atoms with E-state index in [9.17, 15) is 24.0 Å². The molecule has 35 heavy (non-hydrogen) atoms. The summed E-state index contributed by atoms with van der Waals surface area (Å²) >= 11 is 1.87. The summed E-state index contributed by atoms with van der Waals surface area (Å²) in [7, 11) is -0.846. The van der Waals surface area contributed by atoms with E-state index in [0.717, 1.165) is 83.5 Å². The number of hydrogen-bond acceptors (Lipinski definition) is 5. The average Bonchev–Trinajstić information content (AvgIpc) is 2.81. The van der Waals surface area contributed by atoms with Gasteiger partial charge in [-0.05, 0) is 77.0 Å². The molecule has 0 saturated carbocycles. The van der Waals surface area contributed by atoms with Crippen LogP contribution in [0.3, 0.4) is 0 Å². The molecule has 2 heterocycles. The van der Waals surface area contributed by atoms with Gasteiger partial charge in [-0.15, -0.1) is 11.8 Å². The minimum atomic E-state index is -0.846. The molecule has 0 amide bonds. The summed E-state index contributed by atoms with van der Waals surface area (Å²) in [6.07, 6.45) is 14.4. The lowest BCUT2D eigenvalue weighted by atomic mass is 9.87. The van der Waals surface area contributed by atoms with E-state index >= 15 is 0 Å². The Morgan fingerprint density at radius 2 is 1.57 bits per heavy atom. The van der Waals surface area contributed by atoms with Crippen molar-refractivity contribution in [3.63, 3.8) is 0 Å². The summed E-state index contributed by atoms with van der Waals surface area (Å²) in [4.78, 5) is 23.9. The molecular weight excluding hydrogens is 480 g/mol. The van der Waals surface area contributed by atoms with Gasteiger partial charge in [-0.3, -0.25) is 13.8 Å². The molecule has 0 aliphatic carbocycles. The van der Waals surface area contributed by atoms with Crippen molar-refractivity contribution < 1.29 is 24.0 Å². The van der Waals surface area contributed by atoms with Crippen LogP contribution < -0.4 is 0 Å². The van der Waals surface area contributed by atoms with Crippen LogP contribution >= 0.6 is 11.8 Å². The van der Waals surface area contributed by atoms with Crippen molar-refractivity contribution in [3.05, 3.63) is 0 Å². The van der Waals surface area contributed by atoms with Crippen molar-refractivity contribution in [1.82, 2.24) is 0 Å². The molecule has 204 valence electrons. The van der Waals surface area contributed by atoms with Gasteiger partial charge < -0.3 is 10.2 Å². The predicted molar refractivity (Wildman–Crippen MR) is 147 cm³/mol. The first kappa shape index (κ1) is 30.8. The molecule has 2 rings (SSSR count). The van der Waals surface area contributed by atoms with Crippen LogP contribution in [0.2, 0.25) is 0 Å². The molecule has 5 unspecified atom stereocenters. The molecule has 7 heteroatoms. The minimum Gasteiger partial charge on any atom is -0.481 e. The van der Waals surface area contributed by atoms with Crippen LogP contribution in [-0.4, -0.2) is 53.8 Å². The molecule has 5 atom stereocenters. The number of carbonyl (C=O) groups excluding carboxylic acids is 1. The van der Waals surface area contributed by atoms with Gasteiger partial charge >= 0.3 is 5.97 Å². The fourth-order valence-electron chi connectivity index (χ4n) is 5.32. The number of aliphatic carboxylic acids is 1. The topological polar surface area (TPSA) is 91.7 Å². The van der Waals surface area contributed by atoms with E-state index in [1.807, 2.05) is 11.8 Å². The summed E-state index contributed by atoms with van der Waals surface area (Å²) in [5, 5.41) is 19.8. The second-order valence-electron chi connectivity index (χ2n) is 12.3. The number of hydrogen-bond donors (Lipinski definition) is 2. The minimum absolute atomic E-state index is 0.000768. The highest BCUT2D eigenvalue weighted by molar-refractivity contribution is 8.01. The third-order valence-corrected chi connectivity index (χ3v) is 12.0. The average molecular weight is 531 g/mol. The third kappa shape index (κ3) is 10.5. The Morgan fingerprint density at radius 3 is 2.23 bits per heavy atom. The molecule has 2 aliphatic rings. The SMILES string of the molecule is CC(C)(CO)CCCCC1CCC(=O)C(CCC2CCCC(CCCCC(C)(C)C(=O)O)S2=O)S1. The Hall–Kier alpha value is -0.400. The van der Waals surface area contributed by atoms with Crippen LogP contribution in [0.5, 0.6) is 0 Å². The van der Waals surface area contributed by atoms with Crippen molar-refractivity contribution in [3.8, 4) is 0 Å². The number of carboxylic acids is 1. The van der Waals surface area contributed by atoms with E-state index in [-0.39, 0.29) is 27.8 Å². The van der Waals surface area contributed by atoms with Gasteiger partial charge in [-0.25, -0.2) is 0 Å². The maximum absolute atomic E-state index is 13.2. The number of ketones is 1. The van der Waals surface area contributed by atoms with E-state index in [2.05, 4.69) is 13.8 Å². The van der Waals surface area contributed by atoms with Gasteiger partial charge in [-0.2, -0.15) is 0 Å². The first-order chi connectivity index (χ1) is 16.4. The predicted octanol–water partition coefficient (Wildman–Crippen LogP) is 6.52. The van der Waals surface area contributed by atoms with Crippen molar-refractivity contribution in [2.45, 2.75) is 145 Å². The molecule has 0 aromatic rings. The van der Waals surface area contributed by atoms with Crippen LogP contribution in [0.1, 0.15) is 124 Å². The quantitative estimate of drug-likeness (QED) is 0.234. The van der Waals surface area contributed by atoms with Gasteiger partial charge in [0.05, 0.1) is 10.7 Å². The van der Waals surface area contributed by atoms with Crippen LogP contribution in [0.15, 0.2) is 0 Å². The Labute approximate surface area is 220 Å². The molecule has 2 fully saturated rings. The maximum Gasteiger partial charge on any atom is 0.309 e. The molecule has 0 bridgehead atoms. The van der Waals surface area contributed by atoms with Gasteiger partial charge in [-0.1, -0.05) is 46.0 Å². The third-order valence-electron chi connectivity index (χ3n) is 8.10. The number of rotatable bonds is 15. The standard InChI is InChI=1S/C28H50O5S2/c1-27(2,20-29)18-7-5-10-21-14-16-24(30)25(34-21)17-15-23-13-9-12-22(35(23)33)11-6-8-19-28(3,4)26(31)32/h21-23,25,29H,5-20H2,1-4H3,(H,31,32). The van der Waals surface area contributed by atoms with Crippen LogP contribution in [-0.2, 0) is 20.4 Å². The van der Waals surface area contributed by atoms with Crippen LogP contribution in [0.4, 0.5) is 0 Å². The molecule has 2 aliphatic heterocycles. The smallest absolute Gasteiger partial charge is 0.309 e. The van der Waals surface area contributed by atoms with Crippen LogP contribution in [0.25, 0.3) is 0 Å². The zero-order chi connectivity index (χ0) is 26.1. The Kier molecular flexibility index (Phi) is 12.8. The first-order valence-electron chi connectivity index (χ1n) is 13.9. The van der Waals surface area contributed by atoms with Gasteiger partial charge in [0.25, 0.3) is 0 Å². The summed E-state index contributed by atoms with van der Waals surface area (Å²) in [5.41, 5.74) is -0.687. The molecule has 0 aromatic carbocycles. The van der Waals surface area contributed by atoms with E-state index in [0.29, 0.717) is 23.9 Å². The summed E-state index contributed by atoms with van der Waals surface area (Å²) in [6.45, 7) is 8.00. The maximum atomic E-state index is 13.2. The van der Waals surface area contributed by atoms with Gasteiger partial charge in [0, 0.05) is 39.6 Å². The zero-order valence-electron chi connectivity index (χ0n) is 22.6. The number of carbonyl (C=O) groups is 2. The first-order valence-corrected chi connectivity index (χ1v) is 16.1. The van der Waals surface area contributed by atoms with E-state index in [1.54, 1.807) is 13.8 Å². The molecule has 0 aromatic heterocycles.